The predicted molar refractivity (Wildman–Crippen MR) is 127 cm³/mol. The summed E-state index contributed by atoms with van der Waals surface area (Å²) >= 11 is 12.0. The number of hydrogen-bond donors (Lipinski definition) is 2. The molecule has 2 atom stereocenters. The van der Waals surface area contributed by atoms with Crippen molar-refractivity contribution >= 4 is 58.2 Å². The first-order chi connectivity index (χ1) is 16.7. The number of cyclic esters (lactones) is 1. The molecule has 0 radical (unpaired) electrons. The number of para-hydroxylation sites is 1. The van der Waals surface area contributed by atoms with Gasteiger partial charge in [-0.1, -0.05) is 53.5 Å². The molecule has 1 aliphatic heterocycles. The molecule has 0 bridgehead atoms. The number of anilines is 1. The molecule has 0 fully saturated rings. The fourth-order valence-electron chi connectivity index (χ4n) is 3.78. The van der Waals surface area contributed by atoms with E-state index in [4.69, 9.17) is 33.7 Å². The molecule has 3 aromatic carbocycles. The Kier molecular flexibility index (Phi) is 6.68. The maximum absolute atomic E-state index is 13.5. The zero-order valence-corrected chi connectivity index (χ0v) is 19.3. The van der Waals surface area contributed by atoms with E-state index in [9.17, 15) is 24.0 Å². The van der Waals surface area contributed by atoms with E-state index in [0.29, 0.717) is 0 Å². The van der Waals surface area contributed by atoms with Gasteiger partial charge in [-0.3, -0.25) is 19.2 Å². The lowest BCUT2D eigenvalue weighted by Gasteiger charge is -2.21. The van der Waals surface area contributed by atoms with Crippen LogP contribution in [0.25, 0.3) is 0 Å². The highest BCUT2D eigenvalue weighted by Gasteiger charge is 2.46. The number of benzene rings is 3. The van der Waals surface area contributed by atoms with Crippen LogP contribution in [0.1, 0.15) is 42.7 Å². The van der Waals surface area contributed by atoms with Crippen LogP contribution in [0.5, 0.6) is 0 Å². The second kappa shape index (κ2) is 9.69. The lowest BCUT2D eigenvalue weighted by atomic mass is 9.84. The number of hydrogen-bond acceptors (Lipinski definition) is 6. The summed E-state index contributed by atoms with van der Waals surface area (Å²) in [4.78, 5) is 64.0. The number of primary amides is 1. The van der Waals surface area contributed by atoms with E-state index in [0.717, 1.165) is 0 Å². The van der Waals surface area contributed by atoms with Crippen LogP contribution in [0.2, 0.25) is 10.0 Å². The van der Waals surface area contributed by atoms with Crippen LogP contribution in [0, 0.1) is 5.92 Å². The molecule has 10 heteroatoms. The Morgan fingerprint density at radius 3 is 2.31 bits per heavy atom. The van der Waals surface area contributed by atoms with Gasteiger partial charge in [0.25, 0.3) is 11.8 Å². The number of esters is 1. The summed E-state index contributed by atoms with van der Waals surface area (Å²) in [5, 5.41) is 2.58. The molecule has 4 rings (SSSR count). The predicted octanol–water partition coefficient (Wildman–Crippen LogP) is 4.01. The number of nitrogens with one attached hydrogen (secondary N) is 1. The summed E-state index contributed by atoms with van der Waals surface area (Å²) in [7, 11) is 0. The maximum atomic E-state index is 13.5. The van der Waals surface area contributed by atoms with E-state index < -0.39 is 41.4 Å². The molecule has 0 spiro atoms. The summed E-state index contributed by atoms with van der Waals surface area (Å²) in [5.41, 5.74) is 5.75. The molecule has 8 nitrogen and oxygen atoms in total. The largest absolute Gasteiger partial charge is 0.453 e. The number of ketones is 2. The number of nitrogens with two attached hydrogens (primary N) is 1. The third-order valence-electron chi connectivity index (χ3n) is 5.46. The van der Waals surface area contributed by atoms with Gasteiger partial charge in [0.1, 0.15) is 12.0 Å². The average Bonchev–Trinajstić information content (AvgIpc) is 3.17. The van der Waals surface area contributed by atoms with Crippen molar-refractivity contribution in [2.45, 2.75) is 6.10 Å². The third-order valence-corrected chi connectivity index (χ3v) is 6.20. The third kappa shape index (κ3) is 4.66. The van der Waals surface area contributed by atoms with E-state index >= 15 is 0 Å². The number of Topliss-reactive ketones (excluding diaryl/α,β-unsaturated/α-hetero) is 2. The van der Waals surface area contributed by atoms with Gasteiger partial charge in [0.15, 0.2) is 5.78 Å². The van der Waals surface area contributed by atoms with E-state index in [1.807, 2.05) is 0 Å². The van der Waals surface area contributed by atoms with Crippen molar-refractivity contribution < 1.29 is 28.7 Å². The SMILES string of the molecule is NC(=O)c1ccccc1NC(=O)C(=O)[C@H](C(=O)c1ccc(Cl)c(Cl)c1)[C@H]1OC(=O)c2ccccc21. The minimum Gasteiger partial charge on any atom is -0.453 e. The van der Waals surface area contributed by atoms with Crippen molar-refractivity contribution in [3.8, 4) is 0 Å². The molecule has 1 heterocycles. The van der Waals surface area contributed by atoms with E-state index in [2.05, 4.69) is 5.32 Å². The van der Waals surface area contributed by atoms with Crippen LogP contribution < -0.4 is 11.1 Å². The van der Waals surface area contributed by atoms with Crippen molar-refractivity contribution in [1.29, 1.82) is 0 Å². The molecular formula is C25H16Cl2N2O6. The lowest BCUT2D eigenvalue weighted by Crippen LogP contribution is -2.38. The van der Waals surface area contributed by atoms with Gasteiger partial charge in [0.2, 0.25) is 5.78 Å². The topological polar surface area (TPSA) is 133 Å². The molecule has 0 aliphatic carbocycles. The summed E-state index contributed by atoms with van der Waals surface area (Å²) in [5.74, 6) is -6.48. The van der Waals surface area contributed by atoms with Crippen LogP contribution in [0.4, 0.5) is 5.69 Å². The monoisotopic (exact) mass is 510 g/mol. The van der Waals surface area contributed by atoms with Gasteiger partial charge >= 0.3 is 5.97 Å². The minimum atomic E-state index is -1.74. The highest BCUT2D eigenvalue weighted by molar-refractivity contribution is 6.46. The fraction of sp³-hybridized carbons (Fsp3) is 0.0800. The van der Waals surface area contributed by atoms with Gasteiger partial charge in [-0.05, 0) is 36.4 Å². The Hall–Kier alpha value is -4.01. The molecule has 0 saturated carbocycles. The Bertz CT molecular complexity index is 1400. The lowest BCUT2D eigenvalue weighted by molar-refractivity contribution is -0.138. The fourth-order valence-corrected chi connectivity index (χ4v) is 4.07. The van der Waals surface area contributed by atoms with Crippen molar-refractivity contribution in [2.75, 3.05) is 5.32 Å². The molecule has 3 N–H and O–H groups in total. The van der Waals surface area contributed by atoms with Crippen LogP contribution >= 0.6 is 23.2 Å². The summed E-state index contributed by atoms with van der Waals surface area (Å²) < 4.78 is 5.38. The maximum Gasteiger partial charge on any atom is 0.339 e. The molecule has 3 aromatic rings. The number of carbonyl (C=O) groups excluding carboxylic acids is 5. The molecule has 176 valence electrons. The van der Waals surface area contributed by atoms with Gasteiger partial charge in [-0.2, -0.15) is 0 Å². The first kappa shape index (κ1) is 24.1. The Labute approximate surface area is 209 Å². The second-order valence-corrected chi connectivity index (χ2v) is 8.43. The summed E-state index contributed by atoms with van der Waals surface area (Å²) in [6, 6.07) is 16.0. The average molecular weight is 511 g/mol. The summed E-state index contributed by atoms with van der Waals surface area (Å²) in [6.07, 6.45) is -1.36. The standard InChI is InChI=1S/C25H16Cl2N2O6/c26-16-10-9-12(11-17(16)27)20(30)19(22-13-5-1-2-6-14(13)25(34)35-22)21(31)24(33)29-18-8-4-3-7-15(18)23(28)32/h1-11,19,22H,(H2,28,32)(H,29,33)/t19-,22-/m0/s1. The first-order valence-corrected chi connectivity index (χ1v) is 11.0. The number of amides is 2. The van der Waals surface area contributed by atoms with Crippen LogP contribution in [-0.4, -0.2) is 29.4 Å². The number of rotatable bonds is 7. The highest BCUT2D eigenvalue weighted by Crippen LogP contribution is 2.38. The van der Waals surface area contributed by atoms with Crippen LogP contribution in [0.15, 0.2) is 66.7 Å². The van der Waals surface area contributed by atoms with Crippen LogP contribution in [0.3, 0.4) is 0 Å². The molecule has 0 unspecified atom stereocenters. The Balaban J connectivity index is 1.74. The molecule has 2 amide bonds. The highest BCUT2D eigenvalue weighted by atomic mass is 35.5. The zero-order valence-electron chi connectivity index (χ0n) is 17.8. The quantitative estimate of drug-likeness (QED) is 0.213. The zero-order chi connectivity index (χ0) is 25.3. The molecule has 1 aliphatic rings. The molecule has 35 heavy (non-hydrogen) atoms. The van der Waals surface area contributed by atoms with Gasteiger partial charge in [-0.25, -0.2) is 4.79 Å². The van der Waals surface area contributed by atoms with Crippen LogP contribution in [-0.2, 0) is 14.3 Å². The number of ether oxygens (including phenoxy) is 1. The van der Waals surface area contributed by atoms with Crippen molar-refractivity contribution in [1.82, 2.24) is 0 Å². The Morgan fingerprint density at radius 1 is 0.914 bits per heavy atom. The molecule has 0 saturated heterocycles. The minimum absolute atomic E-state index is 0.0106. The number of halogens is 2. The van der Waals surface area contributed by atoms with E-state index in [-0.39, 0.29) is 38.0 Å². The Morgan fingerprint density at radius 2 is 1.60 bits per heavy atom. The van der Waals surface area contributed by atoms with Gasteiger partial charge < -0.3 is 15.8 Å². The first-order valence-electron chi connectivity index (χ1n) is 10.2. The van der Waals surface area contributed by atoms with Crippen molar-refractivity contribution in [3.63, 3.8) is 0 Å². The number of fused-ring (bicyclic) bond motifs is 1. The normalized spacial score (nSPS) is 15.0. The van der Waals surface area contributed by atoms with E-state index in [1.165, 1.54) is 54.6 Å². The van der Waals surface area contributed by atoms with Gasteiger partial charge in [0, 0.05) is 11.1 Å². The smallest absolute Gasteiger partial charge is 0.339 e. The van der Waals surface area contributed by atoms with E-state index in [1.54, 1.807) is 12.1 Å². The molecule has 0 aromatic heterocycles. The van der Waals surface area contributed by atoms with Crippen molar-refractivity contribution in [2.24, 2.45) is 11.7 Å². The molecular weight excluding hydrogens is 495 g/mol. The van der Waals surface area contributed by atoms with Crippen molar-refractivity contribution in [3.05, 3.63) is 99.0 Å². The van der Waals surface area contributed by atoms with Gasteiger partial charge in [-0.15, -0.1) is 0 Å². The second-order valence-electron chi connectivity index (χ2n) is 7.61. The number of carbonyl (C=O) groups is 5. The van der Waals surface area contributed by atoms with Gasteiger partial charge in [0.05, 0.1) is 26.9 Å². The summed E-state index contributed by atoms with van der Waals surface area (Å²) in [6.45, 7) is 0.